The van der Waals surface area contributed by atoms with E-state index in [-0.39, 0.29) is 5.57 Å². The van der Waals surface area contributed by atoms with Gasteiger partial charge in [0.2, 0.25) is 0 Å². The Hall–Kier alpha value is -2.01. The molecule has 1 heterocycles. The summed E-state index contributed by atoms with van der Waals surface area (Å²) in [7, 11) is 0. The van der Waals surface area contributed by atoms with Gasteiger partial charge < -0.3 is 0 Å². The highest BCUT2D eigenvalue weighted by molar-refractivity contribution is 6.37. The number of nitrogens with zero attached hydrogens (tertiary/aromatic N) is 1. The van der Waals surface area contributed by atoms with Gasteiger partial charge >= 0.3 is 0 Å². The fraction of sp³-hybridized carbons (Fsp3) is 0. The Balaban J connectivity index is 1.97. The second-order valence-electron chi connectivity index (χ2n) is 4.79. The van der Waals surface area contributed by atoms with Gasteiger partial charge in [-0.25, -0.2) is 5.01 Å². The summed E-state index contributed by atoms with van der Waals surface area (Å²) in [6.45, 7) is 0. The lowest BCUT2D eigenvalue weighted by atomic mass is 10.1. The number of benzene rings is 2. The number of carbonyl (C=O) groups excluding carboxylic acids is 2. The third-order valence-electron chi connectivity index (χ3n) is 3.22. The minimum Gasteiger partial charge on any atom is -0.267 e. The van der Waals surface area contributed by atoms with Crippen LogP contribution < -0.4 is 10.4 Å². The van der Waals surface area contributed by atoms with E-state index in [0.29, 0.717) is 26.3 Å². The van der Waals surface area contributed by atoms with Gasteiger partial charge in [-0.1, -0.05) is 46.9 Å². The minimum atomic E-state index is -0.513. The summed E-state index contributed by atoms with van der Waals surface area (Å²) in [5.41, 5.74) is 3.48. The largest absolute Gasteiger partial charge is 0.282 e. The highest BCUT2D eigenvalue weighted by Gasteiger charge is 2.34. The fourth-order valence-corrected chi connectivity index (χ4v) is 2.78. The molecule has 0 radical (unpaired) electrons. The molecule has 1 N–H and O–H groups in total. The molecule has 23 heavy (non-hydrogen) atoms. The van der Waals surface area contributed by atoms with E-state index in [1.165, 1.54) is 6.08 Å². The molecular formula is C16H9Cl3N2O2. The van der Waals surface area contributed by atoms with Crippen molar-refractivity contribution in [3.63, 3.8) is 0 Å². The van der Waals surface area contributed by atoms with Crippen molar-refractivity contribution in [1.29, 1.82) is 0 Å². The van der Waals surface area contributed by atoms with Crippen LogP contribution in [0.15, 0.2) is 48.0 Å². The van der Waals surface area contributed by atoms with Crippen LogP contribution in [0.25, 0.3) is 6.08 Å². The molecule has 1 aliphatic rings. The first-order chi connectivity index (χ1) is 11.0. The Morgan fingerprint density at radius 2 is 1.70 bits per heavy atom. The molecule has 0 aliphatic carbocycles. The predicted molar refractivity (Wildman–Crippen MR) is 91.5 cm³/mol. The van der Waals surface area contributed by atoms with E-state index in [2.05, 4.69) is 5.43 Å². The van der Waals surface area contributed by atoms with Gasteiger partial charge in [0.25, 0.3) is 11.8 Å². The van der Waals surface area contributed by atoms with Crippen LogP contribution in [0.5, 0.6) is 0 Å². The number of nitrogens with one attached hydrogen (secondary N) is 1. The predicted octanol–water partition coefficient (Wildman–Crippen LogP) is 4.11. The lowest BCUT2D eigenvalue weighted by molar-refractivity contribution is -0.117. The van der Waals surface area contributed by atoms with Crippen LogP contribution in [-0.4, -0.2) is 11.8 Å². The zero-order valence-electron chi connectivity index (χ0n) is 11.5. The molecule has 2 aromatic carbocycles. The number of amides is 2. The maximum absolute atomic E-state index is 12.5. The first-order valence-corrected chi connectivity index (χ1v) is 7.67. The number of rotatable bonds is 2. The van der Waals surface area contributed by atoms with Crippen molar-refractivity contribution < 1.29 is 9.59 Å². The molecule has 1 fully saturated rings. The summed E-state index contributed by atoms with van der Waals surface area (Å²) in [4.78, 5) is 24.6. The molecular weight excluding hydrogens is 359 g/mol. The molecule has 0 unspecified atom stereocenters. The summed E-state index contributed by atoms with van der Waals surface area (Å²) < 4.78 is 0. The SMILES string of the molecule is O=C1NN(c2cccc(Cl)c2)C(=O)/C1=C/c1ccc(Cl)cc1Cl. The molecule has 7 heteroatoms. The highest BCUT2D eigenvalue weighted by Crippen LogP contribution is 2.27. The number of hydrazine groups is 1. The quantitative estimate of drug-likeness (QED) is 0.641. The molecule has 3 rings (SSSR count). The first kappa shape index (κ1) is 15.9. The van der Waals surface area contributed by atoms with Gasteiger partial charge in [-0.2, -0.15) is 0 Å². The second kappa shape index (κ2) is 6.24. The molecule has 0 spiro atoms. The number of carbonyl (C=O) groups is 2. The average Bonchev–Trinajstić information content (AvgIpc) is 2.78. The Labute approximate surface area is 147 Å². The van der Waals surface area contributed by atoms with E-state index in [0.717, 1.165) is 5.01 Å². The van der Waals surface area contributed by atoms with Gasteiger partial charge in [0.1, 0.15) is 5.57 Å². The number of anilines is 1. The molecule has 0 bridgehead atoms. The van der Waals surface area contributed by atoms with Crippen molar-refractivity contribution in [2.75, 3.05) is 5.01 Å². The van der Waals surface area contributed by atoms with Crippen molar-refractivity contribution in [2.45, 2.75) is 0 Å². The van der Waals surface area contributed by atoms with Gasteiger partial charge in [0.15, 0.2) is 0 Å². The summed E-state index contributed by atoms with van der Waals surface area (Å²) in [5, 5.41) is 2.43. The second-order valence-corrected chi connectivity index (χ2v) is 6.07. The number of halogens is 3. The van der Waals surface area contributed by atoms with E-state index in [1.54, 1.807) is 42.5 Å². The van der Waals surface area contributed by atoms with E-state index in [9.17, 15) is 9.59 Å². The van der Waals surface area contributed by atoms with Gasteiger partial charge in [-0.05, 0) is 42.0 Å². The smallest absolute Gasteiger partial charge is 0.267 e. The first-order valence-electron chi connectivity index (χ1n) is 6.53. The van der Waals surface area contributed by atoms with E-state index < -0.39 is 11.8 Å². The third kappa shape index (κ3) is 3.20. The van der Waals surface area contributed by atoms with Crippen LogP contribution in [0.2, 0.25) is 15.1 Å². The molecule has 1 saturated heterocycles. The Kier molecular flexibility index (Phi) is 4.31. The van der Waals surface area contributed by atoms with Gasteiger partial charge in [0, 0.05) is 15.1 Å². The van der Waals surface area contributed by atoms with Crippen molar-refractivity contribution in [3.8, 4) is 0 Å². The van der Waals surface area contributed by atoms with Crippen LogP contribution in [0.3, 0.4) is 0 Å². The van der Waals surface area contributed by atoms with E-state index in [4.69, 9.17) is 34.8 Å². The van der Waals surface area contributed by atoms with Crippen LogP contribution in [0, 0.1) is 0 Å². The Bertz CT molecular complexity index is 849. The molecule has 116 valence electrons. The monoisotopic (exact) mass is 366 g/mol. The molecule has 4 nitrogen and oxygen atoms in total. The van der Waals surface area contributed by atoms with Crippen LogP contribution in [-0.2, 0) is 9.59 Å². The van der Waals surface area contributed by atoms with E-state index in [1.807, 2.05) is 0 Å². The summed E-state index contributed by atoms with van der Waals surface area (Å²) in [6.07, 6.45) is 1.43. The standard InChI is InChI=1S/C16H9Cl3N2O2/c17-10-2-1-3-12(7-10)21-16(23)13(15(22)20-21)6-9-4-5-11(18)8-14(9)19/h1-8H,(H,20,22)/b13-6+. The summed E-state index contributed by atoms with van der Waals surface area (Å²) >= 11 is 17.8. The Morgan fingerprint density at radius 1 is 0.957 bits per heavy atom. The lowest BCUT2D eigenvalue weighted by Gasteiger charge is -2.14. The highest BCUT2D eigenvalue weighted by atomic mass is 35.5. The van der Waals surface area contributed by atoms with Crippen LogP contribution in [0.1, 0.15) is 5.56 Å². The average molecular weight is 368 g/mol. The summed E-state index contributed by atoms with van der Waals surface area (Å²) in [6, 6.07) is 11.4. The third-order valence-corrected chi connectivity index (χ3v) is 4.02. The van der Waals surface area contributed by atoms with E-state index >= 15 is 0 Å². The van der Waals surface area contributed by atoms with Crippen molar-refractivity contribution in [1.82, 2.24) is 5.43 Å². The molecule has 0 saturated carbocycles. The maximum Gasteiger partial charge on any atom is 0.282 e. The topological polar surface area (TPSA) is 49.4 Å². The lowest BCUT2D eigenvalue weighted by Crippen LogP contribution is -2.35. The maximum atomic E-state index is 12.5. The van der Waals surface area contributed by atoms with Gasteiger partial charge in [0.05, 0.1) is 5.69 Å². The summed E-state index contributed by atoms with van der Waals surface area (Å²) in [5.74, 6) is -0.996. The molecule has 2 amide bonds. The van der Waals surface area contributed by atoms with Crippen molar-refractivity contribution in [3.05, 3.63) is 68.7 Å². The van der Waals surface area contributed by atoms with Gasteiger partial charge in [-0.3, -0.25) is 15.0 Å². The number of hydrogen-bond acceptors (Lipinski definition) is 2. The molecule has 0 atom stereocenters. The zero-order chi connectivity index (χ0) is 16.6. The normalized spacial score (nSPS) is 16.1. The fourth-order valence-electron chi connectivity index (χ4n) is 2.13. The van der Waals surface area contributed by atoms with Crippen LogP contribution >= 0.6 is 34.8 Å². The molecule has 0 aromatic heterocycles. The molecule has 1 aliphatic heterocycles. The molecule has 2 aromatic rings. The van der Waals surface area contributed by atoms with Crippen molar-refractivity contribution >= 4 is 58.4 Å². The number of hydrogen-bond donors (Lipinski definition) is 1. The minimum absolute atomic E-state index is 0.0193. The van der Waals surface area contributed by atoms with Gasteiger partial charge in [-0.15, -0.1) is 0 Å². The van der Waals surface area contributed by atoms with Crippen molar-refractivity contribution in [2.24, 2.45) is 0 Å². The Morgan fingerprint density at radius 3 is 2.39 bits per heavy atom. The van der Waals surface area contributed by atoms with Crippen LogP contribution in [0.4, 0.5) is 5.69 Å². The zero-order valence-corrected chi connectivity index (χ0v) is 13.8.